The summed E-state index contributed by atoms with van der Waals surface area (Å²) in [6, 6.07) is 16.0. The van der Waals surface area contributed by atoms with Crippen molar-refractivity contribution in [2.75, 3.05) is 44.2 Å². The Morgan fingerprint density at radius 3 is 2.57 bits per heavy atom. The van der Waals surface area contributed by atoms with Gasteiger partial charge in [-0.25, -0.2) is 0 Å². The molecule has 1 saturated heterocycles. The van der Waals surface area contributed by atoms with Crippen LogP contribution in [0.5, 0.6) is 5.75 Å². The summed E-state index contributed by atoms with van der Waals surface area (Å²) in [6.45, 7) is 9.26. The number of ether oxygens (including phenoxy) is 1. The van der Waals surface area contributed by atoms with Crippen LogP contribution in [-0.2, 0) is 22.7 Å². The van der Waals surface area contributed by atoms with Crippen molar-refractivity contribution in [3.8, 4) is 5.75 Å². The van der Waals surface area contributed by atoms with Gasteiger partial charge in [0.05, 0.1) is 12.6 Å². The molecular weight excluding hydrogens is 440 g/mol. The fraction of sp³-hybridized carbons (Fsp3) is 0.500. The Kier molecular flexibility index (Phi) is 8.77. The second-order valence-corrected chi connectivity index (χ2v) is 9.38. The molecule has 2 aromatic rings. The van der Waals surface area contributed by atoms with Gasteiger partial charge in [0, 0.05) is 57.4 Å². The molecule has 2 aliphatic rings. The predicted octanol–water partition coefficient (Wildman–Crippen LogP) is 3.42. The molecule has 2 aliphatic heterocycles. The van der Waals surface area contributed by atoms with Crippen molar-refractivity contribution < 1.29 is 14.3 Å². The van der Waals surface area contributed by atoms with E-state index >= 15 is 0 Å². The van der Waals surface area contributed by atoms with Crippen LogP contribution >= 0.6 is 0 Å². The number of para-hydroxylation sites is 2. The van der Waals surface area contributed by atoms with Crippen molar-refractivity contribution in [1.82, 2.24) is 15.1 Å². The predicted molar refractivity (Wildman–Crippen MR) is 138 cm³/mol. The number of rotatable bonds is 5. The maximum atomic E-state index is 13.5. The van der Waals surface area contributed by atoms with Crippen LogP contribution in [0.1, 0.15) is 44.2 Å². The zero-order valence-corrected chi connectivity index (χ0v) is 21.0. The Morgan fingerprint density at radius 2 is 1.80 bits per heavy atom. The van der Waals surface area contributed by atoms with Crippen LogP contribution in [0.3, 0.4) is 0 Å². The molecule has 0 aromatic heterocycles. The van der Waals surface area contributed by atoms with Crippen LogP contribution in [0.4, 0.5) is 5.69 Å². The molecule has 2 amide bonds. The molecule has 0 radical (unpaired) electrons. The van der Waals surface area contributed by atoms with Gasteiger partial charge in [-0.2, -0.15) is 0 Å². The third kappa shape index (κ3) is 6.41. The Hall–Kier alpha value is -2.90. The molecule has 7 nitrogen and oxygen atoms in total. The highest BCUT2D eigenvalue weighted by Gasteiger charge is 2.29. The highest BCUT2D eigenvalue weighted by Crippen LogP contribution is 2.25. The van der Waals surface area contributed by atoms with Crippen LogP contribution in [0.25, 0.3) is 0 Å². The van der Waals surface area contributed by atoms with Crippen molar-refractivity contribution in [2.45, 2.75) is 52.2 Å². The third-order valence-electron chi connectivity index (χ3n) is 6.90. The molecule has 1 fully saturated rings. The van der Waals surface area contributed by atoms with Crippen molar-refractivity contribution in [3.05, 3.63) is 59.7 Å². The zero-order chi connectivity index (χ0) is 24.6. The average molecular weight is 479 g/mol. The van der Waals surface area contributed by atoms with E-state index in [4.69, 9.17) is 4.74 Å². The maximum absolute atomic E-state index is 13.5. The summed E-state index contributed by atoms with van der Waals surface area (Å²) in [5.41, 5.74) is 3.07. The van der Waals surface area contributed by atoms with E-state index in [0.717, 1.165) is 68.0 Å². The van der Waals surface area contributed by atoms with Gasteiger partial charge in [0.1, 0.15) is 5.75 Å². The van der Waals surface area contributed by atoms with E-state index in [2.05, 4.69) is 16.3 Å². The quantitative estimate of drug-likeness (QED) is 0.713. The minimum atomic E-state index is -0.122. The number of hydrogen-bond donors (Lipinski definition) is 1. The number of carbonyl (C=O) groups excluding carboxylic acids is 2. The summed E-state index contributed by atoms with van der Waals surface area (Å²) in [7, 11) is 0. The summed E-state index contributed by atoms with van der Waals surface area (Å²) in [5.74, 6) is 1.09. The molecule has 2 heterocycles. The highest BCUT2D eigenvalue weighted by molar-refractivity contribution is 5.92. The first-order valence-corrected chi connectivity index (χ1v) is 12.9. The van der Waals surface area contributed by atoms with Crippen LogP contribution in [0.15, 0.2) is 48.5 Å². The van der Waals surface area contributed by atoms with Crippen molar-refractivity contribution in [1.29, 1.82) is 0 Å². The van der Waals surface area contributed by atoms with E-state index in [1.54, 1.807) is 6.92 Å². The molecule has 188 valence electrons. The lowest BCUT2D eigenvalue weighted by Gasteiger charge is -2.30. The Balaban J connectivity index is 1.61. The zero-order valence-electron chi connectivity index (χ0n) is 21.0. The number of nitrogens with zero attached hydrogens (tertiary/aromatic N) is 3. The number of fused-ring (bicyclic) bond motifs is 1. The van der Waals surface area contributed by atoms with Crippen LogP contribution < -0.4 is 15.0 Å². The monoisotopic (exact) mass is 478 g/mol. The number of anilines is 1. The topological polar surface area (TPSA) is 65.1 Å². The SMILES string of the molecule is CCOc1ccccc1CN1CCCN(C(C)=O)c2ccccc2CN(C(=O)[C@@H]2CCCN2)CC1. The first kappa shape index (κ1) is 25.2. The molecule has 0 spiro atoms. The van der Waals surface area contributed by atoms with Crippen LogP contribution in [-0.4, -0.2) is 67.0 Å². The Bertz CT molecular complexity index is 1010. The molecule has 0 unspecified atom stereocenters. The summed E-state index contributed by atoms with van der Waals surface area (Å²) in [5, 5.41) is 3.37. The van der Waals surface area contributed by atoms with Gasteiger partial charge in [-0.05, 0) is 50.4 Å². The minimum absolute atomic E-state index is 0.0280. The van der Waals surface area contributed by atoms with E-state index in [-0.39, 0.29) is 17.9 Å². The fourth-order valence-electron chi connectivity index (χ4n) is 5.10. The smallest absolute Gasteiger partial charge is 0.240 e. The van der Waals surface area contributed by atoms with Crippen molar-refractivity contribution in [2.24, 2.45) is 0 Å². The normalized spacial score (nSPS) is 19.7. The molecule has 0 aliphatic carbocycles. The van der Waals surface area contributed by atoms with Gasteiger partial charge in [0.25, 0.3) is 0 Å². The van der Waals surface area contributed by atoms with Gasteiger partial charge < -0.3 is 19.9 Å². The lowest BCUT2D eigenvalue weighted by atomic mass is 10.1. The summed E-state index contributed by atoms with van der Waals surface area (Å²) in [4.78, 5) is 32.4. The summed E-state index contributed by atoms with van der Waals surface area (Å²) >= 11 is 0. The molecular formula is C28H38N4O3. The largest absolute Gasteiger partial charge is 0.494 e. The molecule has 2 aromatic carbocycles. The number of carbonyl (C=O) groups is 2. The molecule has 1 N–H and O–H groups in total. The Labute approximate surface area is 209 Å². The van der Waals surface area contributed by atoms with Gasteiger partial charge in [0.15, 0.2) is 0 Å². The summed E-state index contributed by atoms with van der Waals surface area (Å²) in [6.07, 6.45) is 2.75. The van der Waals surface area contributed by atoms with Gasteiger partial charge in [-0.3, -0.25) is 14.5 Å². The molecule has 4 rings (SSSR count). The second kappa shape index (κ2) is 12.2. The molecule has 1 atom stereocenters. The molecule has 35 heavy (non-hydrogen) atoms. The van der Waals surface area contributed by atoms with E-state index in [1.165, 1.54) is 0 Å². The van der Waals surface area contributed by atoms with Crippen molar-refractivity contribution >= 4 is 17.5 Å². The number of nitrogens with one attached hydrogen (secondary N) is 1. The standard InChI is InChI=1S/C28H38N4O3/c1-3-35-27-14-7-5-11-24(27)20-30-16-9-17-32(22(2)33)26-13-6-4-10-23(26)21-31(19-18-30)28(34)25-12-8-15-29-25/h4-7,10-11,13-14,25,29H,3,8-9,12,15-21H2,1-2H3/t25-/m0/s1. The lowest BCUT2D eigenvalue weighted by molar-refractivity contribution is -0.134. The van der Waals surface area contributed by atoms with Crippen LogP contribution in [0, 0.1) is 0 Å². The van der Waals surface area contributed by atoms with E-state index in [0.29, 0.717) is 26.2 Å². The van der Waals surface area contributed by atoms with Gasteiger partial charge in [-0.15, -0.1) is 0 Å². The number of hydrogen-bond acceptors (Lipinski definition) is 5. The molecule has 0 saturated carbocycles. The van der Waals surface area contributed by atoms with Gasteiger partial charge in [0.2, 0.25) is 11.8 Å². The summed E-state index contributed by atoms with van der Waals surface area (Å²) < 4.78 is 5.86. The van der Waals surface area contributed by atoms with Gasteiger partial charge >= 0.3 is 0 Å². The average Bonchev–Trinajstić information content (AvgIpc) is 3.39. The van der Waals surface area contributed by atoms with Crippen LogP contribution in [0.2, 0.25) is 0 Å². The third-order valence-corrected chi connectivity index (χ3v) is 6.90. The van der Waals surface area contributed by atoms with E-state index < -0.39 is 0 Å². The first-order chi connectivity index (χ1) is 17.1. The van der Waals surface area contributed by atoms with Crippen molar-refractivity contribution in [3.63, 3.8) is 0 Å². The second-order valence-electron chi connectivity index (χ2n) is 9.38. The molecule has 0 bridgehead atoms. The lowest BCUT2D eigenvalue weighted by Crippen LogP contribution is -2.46. The maximum Gasteiger partial charge on any atom is 0.240 e. The van der Waals surface area contributed by atoms with E-state index in [1.807, 2.05) is 59.2 Å². The van der Waals surface area contributed by atoms with E-state index in [9.17, 15) is 9.59 Å². The minimum Gasteiger partial charge on any atom is -0.494 e. The highest BCUT2D eigenvalue weighted by atomic mass is 16.5. The molecule has 7 heteroatoms. The number of benzene rings is 2. The fourth-order valence-corrected chi connectivity index (χ4v) is 5.10. The Morgan fingerprint density at radius 1 is 1.00 bits per heavy atom. The number of amides is 2. The van der Waals surface area contributed by atoms with Gasteiger partial charge in [-0.1, -0.05) is 36.4 Å². The first-order valence-electron chi connectivity index (χ1n) is 12.9.